The number of pyridine rings is 2. The molecule has 0 aromatic carbocycles. The van der Waals surface area contributed by atoms with Crippen molar-refractivity contribution in [1.82, 2.24) is 49.6 Å². The molecule has 0 amide bonds. The van der Waals surface area contributed by atoms with Crippen LogP contribution < -0.4 is 9.47 Å². The molecule has 12 nitrogen and oxygen atoms in total. The van der Waals surface area contributed by atoms with Crippen LogP contribution in [0.1, 0.15) is 22.9 Å². The first-order chi connectivity index (χ1) is 24.1. The second kappa shape index (κ2) is 13.7. The van der Waals surface area contributed by atoms with Gasteiger partial charge in [-0.2, -0.15) is 71.9 Å². The standard InChI is InChI=1S/2C14H9F6N5O/c1-7-8(2-5-11(21-7)26-6-13(15,16)17)9-3-4-10-22-23-12(14(18,19)20)25(10)24-9;1-7-4-11(26-6-13(15,16)17)21-5-8(7)9-2-3-10-22-23-12(14(18,19)20)25(10)24-9/h2*2-5H,6H2,1H3. The summed E-state index contributed by atoms with van der Waals surface area (Å²) in [6.07, 6.45) is -17.3. The number of ether oxygens (including phenoxy) is 2. The van der Waals surface area contributed by atoms with Crippen molar-refractivity contribution in [3.63, 3.8) is 0 Å². The molecule has 0 bridgehead atoms. The van der Waals surface area contributed by atoms with E-state index in [0.717, 1.165) is 0 Å². The lowest BCUT2D eigenvalue weighted by atomic mass is 10.1. The van der Waals surface area contributed by atoms with Crippen LogP contribution >= 0.6 is 0 Å². The van der Waals surface area contributed by atoms with E-state index in [9.17, 15) is 52.7 Å². The lowest BCUT2D eigenvalue weighted by molar-refractivity contribution is -0.154. The molecule has 0 atom stereocenters. The zero-order valence-corrected chi connectivity index (χ0v) is 25.9. The highest BCUT2D eigenvalue weighted by atomic mass is 19.4. The van der Waals surface area contributed by atoms with E-state index in [1.54, 1.807) is 6.92 Å². The fraction of sp³-hybridized carbons (Fsp3) is 0.286. The maximum absolute atomic E-state index is 12.9. The van der Waals surface area contributed by atoms with Crippen LogP contribution in [0.25, 0.3) is 33.8 Å². The molecular weight excluding hydrogens is 736 g/mol. The largest absolute Gasteiger partial charge is 0.468 e. The molecule has 0 unspecified atom stereocenters. The average molecular weight is 754 g/mol. The Morgan fingerprint density at radius 2 is 1.06 bits per heavy atom. The molecule has 0 fully saturated rings. The van der Waals surface area contributed by atoms with Crippen LogP contribution in [-0.4, -0.2) is 75.2 Å². The second-order valence-corrected chi connectivity index (χ2v) is 10.4. The summed E-state index contributed by atoms with van der Waals surface area (Å²) in [7, 11) is 0. The van der Waals surface area contributed by atoms with Crippen molar-refractivity contribution in [1.29, 1.82) is 0 Å². The Labute approximate surface area is 281 Å². The minimum atomic E-state index is -4.74. The van der Waals surface area contributed by atoms with Gasteiger partial charge in [0.2, 0.25) is 11.8 Å². The van der Waals surface area contributed by atoms with E-state index in [0.29, 0.717) is 25.7 Å². The molecule has 0 N–H and O–H groups in total. The summed E-state index contributed by atoms with van der Waals surface area (Å²) >= 11 is 0. The van der Waals surface area contributed by atoms with Gasteiger partial charge in [-0.25, -0.2) is 9.97 Å². The second-order valence-electron chi connectivity index (χ2n) is 10.4. The van der Waals surface area contributed by atoms with Gasteiger partial charge in [0.05, 0.1) is 17.1 Å². The highest BCUT2D eigenvalue weighted by Gasteiger charge is 2.39. The monoisotopic (exact) mass is 754 g/mol. The average Bonchev–Trinajstić information content (AvgIpc) is 3.67. The first kappa shape index (κ1) is 37.4. The summed E-state index contributed by atoms with van der Waals surface area (Å²) in [6, 6.07) is 9.17. The number of rotatable bonds is 6. The summed E-state index contributed by atoms with van der Waals surface area (Å²) in [5, 5.41) is 20.6. The highest BCUT2D eigenvalue weighted by molar-refractivity contribution is 5.64. The Morgan fingerprint density at radius 3 is 1.50 bits per heavy atom. The van der Waals surface area contributed by atoms with Gasteiger partial charge >= 0.3 is 24.7 Å². The molecule has 6 aromatic heterocycles. The highest BCUT2D eigenvalue weighted by Crippen LogP contribution is 2.31. The maximum atomic E-state index is 12.9. The molecule has 0 spiro atoms. The number of alkyl halides is 12. The van der Waals surface area contributed by atoms with Gasteiger partial charge in [-0.15, -0.1) is 20.4 Å². The molecule has 0 saturated carbocycles. The Balaban J connectivity index is 0.000000201. The number of fused-ring (bicyclic) bond motifs is 2. The van der Waals surface area contributed by atoms with Crippen molar-refractivity contribution >= 4 is 11.3 Å². The zero-order valence-electron chi connectivity index (χ0n) is 25.9. The van der Waals surface area contributed by atoms with Gasteiger partial charge in [-0.05, 0) is 49.7 Å². The molecule has 6 rings (SSSR count). The molecule has 0 aliphatic carbocycles. The van der Waals surface area contributed by atoms with Gasteiger partial charge in [-0.1, -0.05) is 0 Å². The number of aryl methyl sites for hydroxylation is 2. The topological polar surface area (TPSA) is 130 Å². The van der Waals surface area contributed by atoms with Crippen LogP contribution in [0, 0.1) is 13.8 Å². The Hall–Kier alpha value is -5.84. The zero-order chi connectivity index (χ0) is 38.2. The van der Waals surface area contributed by atoms with Gasteiger partial charge in [0, 0.05) is 29.5 Å². The van der Waals surface area contributed by atoms with Crippen molar-refractivity contribution in [2.45, 2.75) is 38.6 Å². The van der Waals surface area contributed by atoms with E-state index >= 15 is 0 Å². The molecular formula is C28H18F12N10O2. The number of halogens is 12. The predicted octanol–water partition coefficient (Wildman–Crippen LogP) is 6.91. The van der Waals surface area contributed by atoms with Crippen LogP contribution in [0.5, 0.6) is 11.8 Å². The van der Waals surface area contributed by atoms with Gasteiger partial charge in [0.15, 0.2) is 24.5 Å². The first-order valence-corrected chi connectivity index (χ1v) is 14.0. The molecule has 0 aliphatic heterocycles. The Morgan fingerprint density at radius 1 is 0.577 bits per heavy atom. The smallest absolute Gasteiger partial charge is 0.453 e. The summed E-state index contributed by atoms with van der Waals surface area (Å²) in [5.74, 6) is -3.09. The number of hydrogen-bond donors (Lipinski definition) is 0. The van der Waals surface area contributed by atoms with Crippen molar-refractivity contribution in [2.75, 3.05) is 13.2 Å². The van der Waals surface area contributed by atoms with E-state index in [2.05, 4.69) is 50.0 Å². The Bertz CT molecular complexity index is 2050. The summed E-state index contributed by atoms with van der Waals surface area (Å²) < 4.78 is 161. The molecule has 0 saturated heterocycles. The molecule has 276 valence electrons. The van der Waals surface area contributed by atoms with E-state index < -0.39 is 49.6 Å². The minimum absolute atomic E-state index is 0.100. The van der Waals surface area contributed by atoms with E-state index in [1.807, 2.05) is 0 Å². The van der Waals surface area contributed by atoms with Crippen LogP contribution in [0.4, 0.5) is 52.7 Å². The van der Waals surface area contributed by atoms with Crippen molar-refractivity contribution in [3.05, 3.63) is 71.6 Å². The van der Waals surface area contributed by atoms with Crippen molar-refractivity contribution in [3.8, 4) is 34.3 Å². The van der Waals surface area contributed by atoms with E-state index in [4.69, 9.17) is 0 Å². The van der Waals surface area contributed by atoms with Crippen LogP contribution in [0.15, 0.2) is 48.7 Å². The van der Waals surface area contributed by atoms with Crippen molar-refractivity contribution in [2.24, 2.45) is 0 Å². The third-order valence-electron chi connectivity index (χ3n) is 6.50. The molecule has 6 heterocycles. The first-order valence-electron chi connectivity index (χ1n) is 14.0. The van der Waals surface area contributed by atoms with Gasteiger partial charge in [0.1, 0.15) is 0 Å². The minimum Gasteiger partial charge on any atom is -0.468 e. The van der Waals surface area contributed by atoms with E-state index in [1.165, 1.54) is 55.6 Å². The number of aromatic nitrogens is 10. The third kappa shape index (κ3) is 8.90. The molecule has 6 aromatic rings. The lowest BCUT2D eigenvalue weighted by Gasteiger charge is -2.11. The normalized spacial score (nSPS) is 12.6. The SMILES string of the molecule is Cc1cc(OCC(F)(F)F)ncc1-c1ccc2nnc(C(F)(F)F)n2n1.Cc1nc(OCC(F)(F)F)ccc1-c1ccc2nnc(C(F)(F)F)n2n1. The number of hydrogen-bond acceptors (Lipinski definition) is 10. The fourth-order valence-electron chi connectivity index (χ4n) is 4.30. The number of nitrogens with zero attached hydrogens (tertiary/aromatic N) is 10. The van der Waals surface area contributed by atoms with Crippen LogP contribution in [-0.2, 0) is 12.4 Å². The van der Waals surface area contributed by atoms with Gasteiger partial charge in [-0.3, -0.25) is 0 Å². The molecule has 0 radical (unpaired) electrons. The summed E-state index contributed by atoms with van der Waals surface area (Å²) in [4.78, 5) is 7.60. The maximum Gasteiger partial charge on any atom is 0.453 e. The quantitative estimate of drug-likeness (QED) is 0.166. The summed E-state index contributed by atoms with van der Waals surface area (Å²) in [6.45, 7) is 0.00987. The van der Waals surface area contributed by atoms with Crippen LogP contribution in [0.2, 0.25) is 0 Å². The third-order valence-corrected chi connectivity index (χ3v) is 6.50. The summed E-state index contributed by atoms with van der Waals surface area (Å²) in [5.41, 5.74) is 1.35. The molecule has 24 heteroatoms. The lowest BCUT2D eigenvalue weighted by Crippen LogP contribution is -2.19. The van der Waals surface area contributed by atoms with Gasteiger partial charge < -0.3 is 9.47 Å². The van der Waals surface area contributed by atoms with Crippen LogP contribution in [0.3, 0.4) is 0 Å². The van der Waals surface area contributed by atoms with Gasteiger partial charge in [0.25, 0.3) is 11.6 Å². The van der Waals surface area contributed by atoms with Crippen molar-refractivity contribution < 1.29 is 62.2 Å². The predicted molar refractivity (Wildman–Crippen MR) is 151 cm³/mol. The molecule has 0 aliphatic rings. The van der Waals surface area contributed by atoms with E-state index in [-0.39, 0.29) is 40.1 Å². The molecule has 52 heavy (non-hydrogen) atoms. The fourth-order valence-corrected chi connectivity index (χ4v) is 4.30. The Kier molecular flexibility index (Phi) is 9.86.